The van der Waals surface area contributed by atoms with Gasteiger partial charge < -0.3 is 82.1 Å². The highest BCUT2D eigenvalue weighted by Crippen LogP contribution is 2.28. The lowest BCUT2D eigenvalue weighted by molar-refractivity contribution is -0.143. The number of hydrogen-bond donors (Lipinski definition) is 11. The van der Waals surface area contributed by atoms with Gasteiger partial charge >= 0.3 is 12.2 Å². The summed E-state index contributed by atoms with van der Waals surface area (Å²) >= 11 is 0. The molecule has 6 rings (SSSR count). The number of rotatable bonds is 19. The van der Waals surface area contributed by atoms with Gasteiger partial charge in [-0.2, -0.15) is 0 Å². The van der Waals surface area contributed by atoms with E-state index in [1.54, 1.807) is 99.6 Å². The van der Waals surface area contributed by atoms with E-state index in [0.29, 0.717) is 17.5 Å². The van der Waals surface area contributed by atoms with Crippen LogP contribution < -0.4 is 53.2 Å². The van der Waals surface area contributed by atoms with Crippen LogP contribution in [0.25, 0.3) is 10.8 Å². The minimum absolute atomic E-state index is 0.00689. The maximum absolute atomic E-state index is 15.2. The van der Waals surface area contributed by atoms with Crippen LogP contribution in [-0.4, -0.2) is 185 Å². The number of nitrogens with zero attached hydrogens (tertiary/aromatic N) is 1. The molecule has 0 aromatic heterocycles. The molecule has 0 radical (unpaired) electrons. The third-order valence-corrected chi connectivity index (χ3v) is 17.2. The Morgan fingerprint density at radius 1 is 0.560 bits per heavy atom. The number of benzene rings is 3. The third-order valence-electron chi connectivity index (χ3n) is 17.2. The van der Waals surface area contributed by atoms with E-state index in [-0.39, 0.29) is 96.0 Å². The molecule has 3 aliphatic rings. The zero-order valence-corrected chi connectivity index (χ0v) is 60.6. The Balaban J connectivity index is 1.41. The predicted molar refractivity (Wildman–Crippen MR) is 374 cm³/mol. The summed E-state index contributed by atoms with van der Waals surface area (Å²) in [6.45, 7) is 23.9. The van der Waals surface area contributed by atoms with E-state index in [2.05, 4.69) is 53.2 Å². The number of ether oxygens (including phenoxy) is 4. The van der Waals surface area contributed by atoms with Gasteiger partial charge in [-0.05, 0) is 145 Å². The first kappa shape index (κ1) is 80.5. The summed E-state index contributed by atoms with van der Waals surface area (Å²) in [5, 5.41) is 41.9. The SMILES string of the molecule is CC(C)C[C@@H]1NC(=O)[C@H](CCCNC(=O)OC(C)(C)C)NC(=O)[C@H](C(C)C)NC(=O)[C@@H]2CCCN2C(=O)[C@@H](Cc2ccccc2)NC(=O)[C@H](CC(C)C)NC(=O)[C@H](CCCNC(=O)OC(C)(C)C)NC(=O)[C@H](C(C)C)NC(=O)[C@@H]2O[C@H](CNC1=O)[C@@H](OCc1ccc3ccccc3c1)[C@@H]2O. The fourth-order valence-electron chi connectivity index (χ4n) is 12.2. The number of alkyl carbamates (subject to hydrolysis) is 2. The van der Waals surface area contributed by atoms with Crippen molar-refractivity contribution < 1.29 is 76.8 Å². The Labute approximate surface area is 587 Å². The molecule has 3 aromatic rings. The van der Waals surface area contributed by atoms with Gasteiger partial charge in [-0.3, -0.25) is 43.2 Å². The zero-order chi connectivity index (χ0) is 73.8. The van der Waals surface area contributed by atoms with Crippen LogP contribution in [0.15, 0.2) is 72.8 Å². The molecule has 0 spiro atoms. The van der Waals surface area contributed by atoms with Gasteiger partial charge in [-0.25, -0.2) is 9.59 Å². The summed E-state index contributed by atoms with van der Waals surface area (Å²) < 4.78 is 23.6. The van der Waals surface area contributed by atoms with E-state index in [0.717, 1.165) is 10.8 Å². The number of carbonyl (C=O) groups is 11. The van der Waals surface area contributed by atoms with Crippen LogP contribution in [0.4, 0.5) is 9.59 Å². The maximum Gasteiger partial charge on any atom is 0.407 e. The molecule has 27 nitrogen and oxygen atoms in total. The Morgan fingerprint density at radius 2 is 1.04 bits per heavy atom. The third kappa shape index (κ3) is 25.0. The molecule has 11 N–H and O–H groups in total. The molecule has 3 saturated heterocycles. The summed E-state index contributed by atoms with van der Waals surface area (Å²) in [6.07, 6.45) is -6.68. The van der Waals surface area contributed by atoms with Crippen molar-refractivity contribution in [3.8, 4) is 0 Å². The maximum atomic E-state index is 15.2. The van der Waals surface area contributed by atoms with Gasteiger partial charge in [0.1, 0.15) is 77.8 Å². The van der Waals surface area contributed by atoms with Gasteiger partial charge in [0.05, 0.1) is 6.61 Å². The van der Waals surface area contributed by atoms with E-state index < -0.39 is 161 Å². The second-order valence-corrected chi connectivity index (χ2v) is 29.8. The Morgan fingerprint density at radius 3 is 1.56 bits per heavy atom. The van der Waals surface area contributed by atoms with Crippen molar-refractivity contribution in [3.63, 3.8) is 0 Å². The van der Waals surface area contributed by atoms with Crippen molar-refractivity contribution in [2.75, 3.05) is 26.2 Å². The average Bonchev–Trinajstić information content (AvgIpc) is 1.69. The highest BCUT2D eigenvalue weighted by atomic mass is 16.6. The van der Waals surface area contributed by atoms with Crippen LogP contribution in [0, 0.1) is 23.7 Å². The molecular formula is C73H109N11O16. The van der Waals surface area contributed by atoms with Gasteiger partial charge in [0, 0.05) is 32.6 Å². The molecule has 3 aliphatic heterocycles. The Bertz CT molecular complexity index is 3300. The van der Waals surface area contributed by atoms with E-state index in [9.17, 15) is 53.1 Å². The number of amides is 11. The van der Waals surface area contributed by atoms with Crippen LogP contribution in [-0.2, 0) is 75.1 Å². The number of carbonyl (C=O) groups excluding carboxylic acids is 11. The first-order chi connectivity index (χ1) is 47.1. The van der Waals surface area contributed by atoms with Gasteiger partial charge in [-0.1, -0.05) is 122 Å². The van der Waals surface area contributed by atoms with E-state index in [4.69, 9.17) is 18.9 Å². The lowest BCUT2D eigenvalue weighted by Crippen LogP contribution is -2.61. The Hall–Kier alpha value is -8.43. The largest absolute Gasteiger partial charge is 0.444 e. The summed E-state index contributed by atoms with van der Waals surface area (Å²) in [7, 11) is 0. The molecule has 3 aromatic carbocycles. The van der Waals surface area contributed by atoms with Crippen LogP contribution in [0.5, 0.6) is 0 Å². The standard InChI is InChI=1S/C73H109N11O16/c1-41(2)35-51-61(86)76-39-55-59(97-40-46-30-31-47-25-18-19-26-48(47)37-46)58(85)60(98-55)68(93)83-57(44(7)8)67(92)78-50(28-21-33-75-71(96)100-73(12,13)14)63(88)80-52(36-42(3)4)64(89)81-53(38-45-23-16-15-17-24-45)69(94)84-34-22-29-54(84)65(90)82-56(43(5)6)66(91)77-49(62(87)79-51)27-20-32-74-70(95)99-72(9,10)11/h15-19,23-26,30-31,37,41-44,49-60,85H,20-22,27-29,32-36,38-40H2,1-14H3,(H,74,95)(H,75,96)(H,76,86)(H,77,91)(H,78,92)(H,79,87)(H,80,88)(H,81,89)(H,82,90)(H,83,93)/t49-,50-,51-,52-,53+,54-,55+,56-,57-,58-,59+,60+/m0/s1. The second kappa shape index (κ2) is 37.3. The van der Waals surface area contributed by atoms with E-state index in [1.807, 2.05) is 70.2 Å². The molecule has 3 heterocycles. The number of fused-ring (bicyclic) bond motifs is 4. The van der Waals surface area contributed by atoms with Gasteiger partial charge in [-0.15, -0.1) is 0 Å². The molecule has 552 valence electrons. The van der Waals surface area contributed by atoms with E-state index >= 15 is 4.79 Å². The Kier molecular flexibility index (Phi) is 30.0. The highest BCUT2D eigenvalue weighted by Gasteiger charge is 2.49. The van der Waals surface area contributed by atoms with Crippen LogP contribution in [0.2, 0.25) is 0 Å². The topological polar surface area (TPSA) is 368 Å². The first-order valence-electron chi connectivity index (χ1n) is 35.2. The first-order valence-corrected chi connectivity index (χ1v) is 35.2. The number of hydrogen-bond acceptors (Lipinski definition) is 16. The summed E-state index contributed by atoms with van der Waals surface area (Å²) in [4.78, 5) is 160. The molecular weight excluding hydrogens is 1290 g/mol. The molecule has 12 atom stereocenters. The molecule has 0 unspecified atom stereocenters. The number of nitrogens with one attached hydrogen (secondary N) is 10. The molecule has 100 heavy (non-hydrogen) atoms. The van der Waals surface area contributed by atoms with Gasteiger partial charge in [0.25, 0.3) is 5.91 Å². The van der Waals surface area contributed by atoms with Crippen LogP contribution in [0.1, 0.15) is 159 Å². The smallest absolute Gasteiger partial charge is 0.407 e. The van der Waals surface area contributed by atoms with Crippen molar-refractivity contribution in [1.29, 1.82) is 0 Å². The van der Waals surface area contributed by atoms with Crippen molar-refractivity contribution in [2.45, 2.75) is 245 Å². The summed E-state index contributed by atoms with van der Waals surface area (Å²) in [5.41, 5.74) is -0.268. The normalized spacial score (nSPS) is 25.4. The van der Waals surface area contributed by atoms with Gasteiger partial charge in [0.15, 0.2) is 6.10 Å². The van der Waals surface area contributed by atoms with E-state index in [1.165, 1.54) is 4.90 Å². The minimum Gasteiger partial charge on any atom is -0.444 e. The second-order valence-electron chi connectivity index (χ2n) is 29.8. The minimum atomic E-state index is -1.71. The summed E-state index contributed by atoms with van der Waals surface area (Å²) in [5.74, 6) is -8.57. The zero-order valence-electron chi connectivity index (χ0n) is 60.6. The fraction of sp³-hybridized carbons (Fsp3) is 0.630. The molecule has 27 heteroatoms. The van der Waals surface area contributed by atoms with Crippen LogP contribution in [0.3, 0.4) is 0 Å². The average molecular weight is 1400 g/mol. The van der Waals surface area contributed by atoms with Crippen molar-refractivity contribution in [3.05, 3.63) is 83.9 Å². The monoisotopic (exact) mass is 1400 g/mol. The lowest BCUT2D eigenvalue weighted by Gasteiger charge is -2.32. The number of aliphatic hydroxyl groups excluding tert-OH is 1. The molecule has 11 amide bonds. The molecule has 2 bridgehead atoms. The fourth-order valence-corrected chi connectivity index (χ4v) is 12.2. The van der Waals surface area contributed by atoms with Gasteiger partial charge in [0.2, 0.25) is 47.3 Å². The van der Waals surface area contributed by atoms with Crippen molar-refractivity contribution in [1.82, 2.24) is 58.1 Å². The molecule has 0 saturated carbocycles. The quantitative estimate of drug-likeness (QED) is 0.0729. The van der Waals surface area contributed by atoms with Crippen molar-refractivity contribution >= 4 is 76.1 Å². The highest BCUT2D eigenvalue weighted by molar-refractivity contribution is 5.99. The molecule has 0 aliphatic carbocycles. The molecule has 3 fully saturated rings. The van der Waals surface area contributed by atoms with Crippen molar-refractivity contribution in [2.24, 2.45) is 23.7 Å². The predicted octanol–water partition coefficient (Wildman–Crippen LogP) is 4.62. The summed E-state index contributed by atoms with van der Waals surface area (Å²) in [6, 6.07) is 11.8. The number of aliphatic hydroxyl groups is 1. The lowest BCUT2D eigenvalue weighted by atomic mass is 9.99. The van der Waals surface area contributed by atoms with Crippen LogP contribution >= 0.6 is 0 Å².